The molecule has 0 saturated heterocycles. The number of nitrogens with zero attached hydrogens (tertiary/aromatic N) is 1. The van der Waals surface area contributed by atoms with E-state index in [0.29, 0.717) is 13.0 Å². The van der Waals surface area contributed by atoms with Crippen LogP contribution in [0.2, 0.25) is 0 Å². The quantitative estimate of drug-likeness (QED) is 0.391. The highest BCUT2D eigenvalue weighted by Gasteiger charge is 2.04. The fraction of sp³-hybridized carbons (Fsp3) is 0.875. The predicted octanol–water partition coefficient (Wildman–Crippen LogP) is 1.20. The molecular weight excluding hydrogens is 220 g/mol. The van der Waals surface area contributed by atoms with Gasteiger partial charge in [-0.2, -0.15) is 0 Å². The van der Waals surface area contributed by atoms with Gasteiger partial charge in [0.05, 0.1) is 10.9 Å². The third-order valence-electron chi connectivity index (χ3n) is 1.81. The van der Waals surface area contributed by atoms with Crippen molar-refractivity contribution in [1.29, 1.82) is 0 Å². The van der Waals surface area contributed by atoms with Gasteiger partial charge in [-0.25, -0.2) is 18.1 Å². The molecule has 0 aromatic heterocycles. The first-order valence-electron chi connectivity index (χ1n) is 4.57. The Bertz CT molecular complexity index is 282. The second-order valence-electron chi connectivity index (χ2n) is 2.91. The molecular formula is C8H16N2O2S2. The van der Waals surface area contributed by atoms with Gasteiger partial charge in [0.1, 0.15) is 0 Å². The first-order valence-corrected chi connectivity index (χ1v) is 6.63. The van der Waals surface area contributed by atoms with Gasteiger partial charge in [-0.3, -0.25) is 0 Å². The van der Waals surface area contributed by atoms with Crippen LogP contribution in [0.1, 0.15) is 25.7 Å². The highest BCUT2D eigenvalue weighted by molar-refractivity contribution is 7.89. The van der Waals surface area contributed by atoms with Crippen LogP contribution < -0.4 is 4.72 Å². The molecule has 6 heteroatoms. The van der Waals surface area contributed by atoms with Crippen molar-refractivity contribution in [3.05, 3.63) is 0 Å². The SMILES string of the molecule is CNS(=O)(=O)CCCCCCN=C=S. The van der Waals surface area contributed by atoms with Crippen molar-refractivity contribution in [3.63, 3.8) is 0 Å². The summed E-state index contributed by atoms with van der Waals surface area (Å²) >= 11 is 4.41. The summed E-state index contributed by atoms with van der Waals surface area (Å²) in [5.41, 5.74) is 0. The number of hydrogen-bond acceptors (Lipinski definition) is 4. The average molecular weight is 236 g/mol. The van der Waals surface area contributed by atoms with Crippen LogP contribution >= 0.6 is 12.2 Å². The Hall–Kier alpha value is -0.290. The minimum absolute atomic E-state index is 0.208. The molecule has 0 fully saturated rings. The summed E-state index contributed by atoms with van der Waals surface area (Å²) < 4.78 is 24.2. The van der Waals surface area contributed by atoms with E-state index in [0.717, 1.165) is 19.3 Å². The highest BCUT2D eigenvalue weighted by atomic mass is 32.2. The Morgan fingerprint density at radius 1 is 1.29 bits per heavy atom. The maximum absolute atomic E-state index is 11.0. The van der Waals surface area contributed by atoms with Crippen molar-refractivity contribution in [3.8, 4) is 0 Å². The number of thiocarbonyl (C=S) groups is 1. The normalized spacial score (nSPS) is 10.9. The summed E-state index contributed by atoms with van der Waals surface area (Å²) in [7, 11) is -1.59. The summed E-state index contributed by atoms with van der Waals surface area (Å²) in [6.07, 6.45) is 3.54. The molecule has 1 N–H and O–H groups in total. The van der Waals surface area contributed by atoms with E-state index in [9.17, 15) is 8.42 Å². The molecule has 0 bridgehead atoms. The molecule has 0 aromatic rings. The lowest BCUT2D eigenvalue weighted by Gasteiger charge is -2.01. The molecule has 82 valence electrons. The molecule has 4 nitrogen and oxygen atoms in total. The molecule has 0 saturated carbocycles. The molecule has 14 heavy (non-hydrogen) atoms. The van der Waals surface area contributed by atoms with Crippen LogP contribution in [-0.4, -0.2) is 32.9 Å². The topological polar surface area (TPSA) is 58.5 Å². The van der Waals surface area contributed by atoms with E-state index < -0.39 is 10.0 Å². The van der Waals surface area contributed by atoms with Gasteiger partial charge < -0.3 is 0 Å². The van der Waals surface area contributed by atoms with Gasteiger partial charge >= 0.3 is 0 Å². The van der Waals surface area contributed by atoms with Gasteiger partial charge in [0.15, 0.2) is 0 Å². The van der Waals surface area contributed by atoms with Crippen molar-refractivity contribution in [2.75, 3.05) is 19.3 Å². The molecule has 0 rings (SSSR count). The van der Waals surface area contributed by atoms with Crippen LogP contribution in [0.5, 0.6) is 0 Å². The van der Waals surface area contributed by atoms with Gasteiger partial charge in [-0.05, 0) is 32.1 Å². The zero-order valence-corrected chi connectivity index (χ0v) is 9.96. The van der Waals surface area contributed by atoms with Gasteiger partial charge in [0.25, 0.3) is 0 Å². The van der Waals surface area contributed by atoms with Crippen LogP contribution in [0.15, 0.2) is 4.99 Å². The molecule has 0 amide bonds. The Morgan fingerprint density at radius 3 is 2.50 bits per heavy atom. The van der Waals surface area contributed by atoms with E-state index in [2.05, 4.69) is 27.1 Å². The number of unbranched alkanes of at least 4 members (excludes halogenated alkanes) is 3. The lowest BCUT2D eigenvalue weighted by Crippen LogP contribution is -2.21. The first-order chi connectivity index (χ1) is 6.62. The molecule has 0 aliphatic carbocycles. The summed E-state index contributed by atoms with van der Waals surface area (Å²) in [6.45, 7) is 0.697. The first kappa shape index (κ1) is 13.7. The van der Waals surface area contributed by atoms with E-state index >= 15 is 0 Å². The van der Waals surface area contributed by atoms with E-state index in [-0.39, 0.29) is 5.75 Å². The van der Waals surface area contributed by atoms with Gasteiger partial charge in [0.2, 0.25) is 10.0 Å². The molecule has 0 aliphatic rings. The summed E-state index contributed by atoms with van der Waals surface area (Å²) in [6, 6.07) is 0. The Kier molecular flexibility index (Phi) is 7.89. The number of nitrogens with one attached hydrogen (secondary N) is 1. The average Bonchev–Trinajstić information content (AvgIpc) is 2.16. The van der Waals surface area contributed by atoms with Crippen LogP contribution in [-0.2, 0) is 10.0 Å². The van der Waals surface area contributed by atoms with Crippen LogP contribution in [0.25, 0.3) is 0 Å². The minimum atomic E-state index is -3.02. The lowest BCUT2D eigenvalue weighted by atomic mass is 10.2. The van der Waals surface area contributed by atoms with Crippen molar-refractivity contribution >= 4 is 27.4 Å². The third-order valence-corrected chi connectivity index (χ3v) is 3.39. The zero-order valence-electron chi connectivity index (χ0n) is 8.32. The summed E-state index contributed by atoms with van der Waals surface area (Å²) in [5.74, 6) is 0.208. The fourth-order valence-electron chi connectivity index (χ4n) is 0.984. The maximum Gasteiger partial charge on any atom is 0.211 e. The Balaban J connectivity index is 3.34. The number of rotatable bonds is 8. The molecule has 0 heterocycles. The Labute approximate surface area is 90.9 Å². The largest absolute Gasteiger partial charge is 0.233 e. The smallest absolute Gasteiger partial charge is 0.211 e. The highest BCUT2D eigenvalue weighted by Crippen LogP contribution is 2.01. The molecule has 0 spiro atoms. The second-order valence-corrected chi connectivity index (χ2v) is 5.14. The number of hydrogen-bond donors (Lipinski definition) is 1. The van der Waals surface area contributed by atoms with E-state index in [1.165, 1.54) is 7.05 Å². The molecule has 0 radical (unpaired) electrons. The van der Waals surface area contributed by atoms with E-state index in [4.69, 9.17) is 0 Å². The zero-order chi connectivity index (χ0) is 10.9. The van der Waals surface area contributed by atoms with Crippen LogP contribution in [0.4, 0.5) is 0 Å². The molecule has 0 atom stereocenters. The predicted molar refractivity (Wildman–Crippen MR) is 61.2 cm³/mol. The minimum Gasteiger partial charge on any atom is -0.233 e. The van der Waals surface area contributed by atoms with E-state index in [1.807, 2.05) is 0 Å². The van der Waals surface area contributed by atoms with E-state index in [1.54, 1.807) is 0 Å². The number of aliphatic imine (C=N–C) groups is 1. The van der Waals surface area contributed by atoms with Gasteiger partial charge in [-0.15, -0.1) is 0 Å². The summed E-state index contributed by atoms with van der Waals surface area (Å²) in [4.78, 5) is 3.77. The monoisotopic (exact) mass is 236 g/mol. The van der Waals surface area contributed by atoms with Crippen LogP contribution in [0.3, 0.4) is 0 Å². The van der Waals surface area contributed by atoms with Gasteiger partial charge in [-0.1, -0.05) is 12.8 Å². The lowest BCUT2D eigenvalue weighted by molar-refractivity contribution is 0.580. The Morgan fingerprint density at radius 2 is 1.93 bits per heavy atom. The second kappa shape index (κ2) is 8.05. The molecule has 0 aromatic carbocycles. The van der Waals surface area contributed by atoms with Crippen LogP contribution in [0, 0.1) is 0 Å². The number of sulfonamides is 1. The van der Waals surface area contributed by atoms with Crippen molar-refractivity contribution in [2.24, 2.45) is 4.99 Å². The maximum atomic E-state index is 11.0. The van der Waals surface area contributed by atoms with Crippen molar-refractivity contribution in [1.82, 2.24) is 4.72 Å². The summed E-state index contributed by atoms with van der Waals surface area (Å²) in [5, 5.41) is 2.29. The van der Waals surface area contributed by atoms with Crippen molar-refractivity contribution in [2.45, 2.75) is 25.7 Å². The number of isothiocyanates is 1. The molecule has 0 aliphatic heterocycles. The van der Waals surface area contributed by atoms with Gasteiger partial charge in [0, 0.05) is 6.54 Å². The molecule has 0 unspecified atom stereocenters. The fourth-order valence-corrected chi connectivity index (χ4v) is 1.86. The third kappa shape index (κ3) is 8.31. The standard InChI is InChI=1S/C8H16N2O2S2/c1-9-14(11,12)7-5-3-2-4-6-10-8-13/h9H,2-7H2,1H3. The van der Waals surface area contributed by atoms with Crippen molar-refractivity contribution < 1.29 is 8.42 Å².